The van der Waals surface area contributed by atoms with Crippen molar-refractivity contribution in [1.29, 1.82) is 0 Å². The van der Waals surface area contributed by atoms with Gasteiger partial charge in [0.2, 0.25) is 0 Å². The van der Waals surface area contributed by atoms with Gasteiger partial charge < -0.3 is 10.6 Å². The lowest BCUT2D eigenvalue weighted by Gasteiger charge is -2.15. The zero-order valence-corrected chi connectivity index (χ0v) is 12.0. The van der Waals surface area contributed by atoms with E-state index in [9.17, 15) is 4.39 Å². The molecule has 1 heterocycles. The summed E-state index contributed by atoms with van der Waals surface area (Å²) in [7, 11) is 1.93. The minimum absolute atomic E-state index is 0.231. The smallest absolute Gasteiger partial charge is 0.190 e. The lowest BCUT2D eigenvalue weighted by atomic mass is 10.2. The van der Waals surface area contributed by atoms with Crippen LogP contribution in [0.25, 0.3) is 0 Å². The lowest BCUT2D eigenvalue weighted by molar-refractivity contribution is 0.628. The number of hydrogen-bond acceptors (Lipinski definition) is 4. The number of nitrogens with two attached hydrogens (primary N) is 1. The molecule has 0 bridgehead atoms. The minimum Gasteiger partial charge on any atom is -0.326 e. The van der Waals surface area contributed by atoms with Crippen LogP contribution in [0.2, 0.25) is 0 Å². The Hall–Kier alpha value is -1.46. The average molecular weight is 279 g/mol. The van der Waals surface area contributed by atoms with Gasteiger partial charge in [-0.25, -0.2) is 9.37 Å². The summed E-state index contributed by atoms with van der Waals surface area (Å²) in [5.41, 5.74) is 7.76. The first-order chi connectivity index (χ1) is 9.15. The largest absolute Gasteiger partial charge is 0.326 e. The van der Waals surface area contributed by atoms with Gasteiger partial charge in [-0.1, -0.05) is 24.7 Å². The molecule has 0 aliphatic carbocycles. The van der Waals surface area contributed by atoms with E-state index in [0.717, 1.165) is 34.2 Å². The van der Waals surface area contributed by atoms with Gasteiger partial charge in [-0.2, -0.15) is 0 Å². The van der Waals surface area contributed by atoms with Crippen LogP contribution in [-0.2, 0) is 13.0 Å². The molecule has 0 spiro atoms. The van der Waals surface area contributed by atoms with Crippen molar-refractivity contribution >= 4 is 22.2 Å². The van der Waals surface area contributed by atoms with Crippen LogP contribution in [0.5, 0.6) is 0 Å². The van der Waals surface area contributed by atoms with E-state index < -0.39 is 0 Å². The first-order valence-corrected chi connectivity index (χ1v) is 7.15. The fourth-order valence-corrected chi connectivity index (χ4v) is 2.85. The summed E-state index contributed by atoms with van der Waals surface area (Å²) in [4.78, 5) is 7.73. The fourth-order valence-electron chi connectivity index (χ4n) is 1.88. The van der Waals surface area contributed by atoms with Gasteiger partial charge in [0.05, 0.1) is 5.69 Å². The summed E-state index contributed by atoms with van der Waals surface area (Å²) in [6, 6.07) is 6.41. The molecule has 2 N–H and O–H groups in total. The van der Waals surface area contributed by atoms with Crippen molar-refractivity contribution in [3.63, 3.8) is 0 Å². The number of benzene rings is 1. The molecule has 0 atom stereocenters. The van der Waals surface area contributed by atoms with Gasteiger partial charge in [-0.3, -0.25) is 0 Å². The van der Waals surface area contributed by atoms with E-state index in [1.165, 1.54) is 12.1 Å². The molecule has 0 fully saturated rings. The van der Waals surface area contributed by atoms with E-state index in [0.29, 0.717) is 6.54 Å². The number of aromatic nitrogens is 1. The highest BCUT2D eigenvalue weighted by Crippen LogP contribution is 2.31. The van der Waals surface area contributed by atoms with E-state index in [-0.39, 0.29) is 5.82 Å². The van der Waals surface area contributed by atoms with Crippen LogP contribution in [0, 0.1) is 5.82 Å². The topological polar surface area (TPSA) is 42.2 Å². The standard InChI is InChI=1S/C14H18FN3S/c1-3-4-12-13(9-16)19-14(17-12)18(2)11-7-5-10(15)6-8-11/h5-8H,3-4,9,16H2,1-2H3. The third-order valence-electron chi connectivity index (χ3n) is 2.94. The molecule has 2 rings (SSSR count). The zero-order chi connectivity index (χ0) is 13.8. The van der Waals surface area contributed by atoms with Gasteiger partial charge in [0.15, 0.2) is 5.13 Å². The van der Waals surface area contributed by atoms with Crippen molar-refractivity contribution < 1.29 is 4.39 Å². The molecule has 5 heteroatoms. The normalized spacial score (nSPS) is 10.7. The van der Waals surface area contributed by atoms with Gasteiger partial charge in [0, 0.05) is 24.2 Å². The number of thiazole rings is 1. The van der Waals surface area contributed by atoms with Crippen molar-refractivity contribution in [2.45, 2.75) is 26.3 Å². The summed E-state index contributed by atoms with van der Waals surface area (Å²) in [5, 5.41) is 0.899. The van der Waals surface area contributed by atoms with E-state index in [4.69, 9.17) is 5.73 Å². The molecule has 2 aromatic rings. The second kappa shape index (κ2) is 6.12. The molecule has 0 unspecified atom stereocenters. The molecular formula is C14H18FN3S. The third-order valence-corrected chi connectivity index (χ3v) is 4.14. The Morgan fingerprint density at radius 1 is 1.32 bits per heavy atom. The van der Waals surface area contributed by atoms with Crippen molar-refractivity contribution in [3.8, 4) is 0 Å². The summed E-state index contributed by atoms with van der Waals surface area (Å²) in [6.07, 6.45) is 2.00. The molecule has 0 saturated heterocycles. The molecule has 0 saturated carbocycles. The Morgan fingerprint density at radius 2 is 2.00 bits per heavy atom. The first-order valence-electron chi connectivity index (χ1n) is 6.33. The SMILES string of the molecule is CCCc1nc(N(C)c2ccc(F)cc2)sc1CN. The highest BCUT2D eigenvalue weighted by molar-refractivity contribution is 7.15. The number of rotatable bonds is 5. The maximum Gasteiger partial charge on any atom is 0.190 e. The highest BCUT2D eigenvalue weighted by atomic mass is 32.1. The number of nitrogens with zero attached hydrogens (tertiary/aromatic N) is 2. The van der Waals surface area contributed by atoms with Crippen LogP contribution in [-0.4, -0.2) is 12.0 Å². The minimum atomic E-state index is -0.231. The van der Waals surface area contributed by atoms with Crippen LogP contribution in [0.3, 0.4) is 0 Å². The molecule has 3 nitrogen and oxygen atoms in total. The van der Waals surface area contributed by atoms with Crippen LogP contribution in [0.4, 0.5) is 15.2 Å². The molecule has 19 heavy (non-hydrogen) atoms. The van der Waals surface area contributed by atoms with Gasteiger partial charge in [-0.15, -0.1) is 0 Å². The van der Waals surface area contributed by atoms with E-state index in [1.807, 2.05) is 11.9 Å². The molecule has 1 aromatic carbocycles. The second-order valence-electron chi connectivity index (χ2n) is 4.36. The Balaban J connectivity index is 2.28. The Bertz CT molecular complexity index is 536. The number of anilines is 2. The molecule has 0 radical (unpaired) electrons. The van der Waals surface area contributed by atoms with E-state index in [2.05, 4.69) is 11.9 Å². The first kappa shape index (κ1) is 14.0. The zero-order valence-electron chi connectivity index (χ0n) is 11.2. The number of hydrogen-bond donors (Lipinski definition) is 1. The van der Waals surface area contributed by atoms with Gasteiger partial charge >= 0.3 is 0 Å². The average Bonchev–Trinajstić information content (AvgIpc) is 2.82. The van der Waals surface area contributed by atoms with Gasteiger partial charge in [0.25, 0.3) is 0 Å². The Labute approximate surface area is 116 Å². The molecular weight excluding hydrogens is 261 g/mol. The monoisotopic (exact) mass is 279 g/mol. The van der Waals surface area contributed by atoms with E-state index >= 15 is 0 Å². The van der Waals surface area contributed by atoms with E-state index in [1.54, 1.807) is 23.5 Å². The second-order valence-corrected chi connectivity index (χ2v) is 5.42. The number of halogens is 1. The van der Waals surface area contributed by atoms with Crippen molar-refractivity contribution in [3.05, 3.63) is 40.7 Å². The van der Waals surface area contributed by atoms with Crippen molar-refractivity contribution in [1.82, 2.24) is 4.98 Å². The van der Waals surface area contributed by atoms with Crippen LogP contribution >= 0.6 is 11.3 Å². The quantitative estimate of drug-likeness (QED) is 0.911. The highest BCUT2D eigenvalue weighted by Gasteiger charge is 2.13. The summed E-state index contributed by atoms with van der Waals surface area (Å²) >= 11 is 1.60. The molecule has 102 valence electrons. The van der Waals surface area contributed by atoms with Gasteiger partial charge in [-0.05, 0) is 30.7 Å². The predicted octanol–water partition coefficient (Wildman–Crippen LogP) is 3.46. The molecule has 0 amide bonds. The third kappa shape index (κ3) is 3.11. The summed E-state index contributed by atoms with van der Waals surface area (Å²) < 4.78 is 12.9. The molecule has 1 aromatic heterocycles. The van der Waals surface area contributed by atoms with Crippen molar-refractivity contribution in [2.75, 3.05) is 11.9 Å². The molecule has 0 aliphatic rings. The van der Waals surface area contributed by atoms with Crippen LogP contribution < -0.4 is 10.6 Å². The summed E-state index contributed by atoms with van der Waals surface area (Å²) in [5.74, 6) is -0.231. The Morgan fingerprint density at radius 3 is 2.58 bits per heavy atom. The Kier molecular flexibility index (Phi) is 4.50. The fraction of sp³-hybridized carbons (Fsp3) is 0.357. The van der Waals surface area contributed by atoms with Crippen LogP contribution in [0.15, 0.2) is 24.3 Å². The predicted molar refractivity (Wildman–Crippen MR) is 78.5 cm³/mol. The van der Waals surface area contributed by atoms with Crippen molar-refractivity contribution in [2.24, 2.45) is 5.73 Å². The molecule has 0 aliphatic heterocycles. The number of aryl methyl sites for hydroxylation is 1. The summed E-state index contributed by atoms with van der Waals surface area (Å²) in [6.45, 7) is 2.65. The lowest BCUT2D eigenvalue weighted by Crippen LogP contribution is -2.09. The van der Waals surface area contributed by atoms with Crippen LogP contribution in [0.1, 0.15) is 23.9 Å². The maximum atomic E-state index is 12.9. The van der Waals surface area contributed by atoms with Gasteiger partial charge in [0.1, 0.15) is 5.82 Å². The maximum absolute atomic E-state index is 12.9.